The van der Waals surface area contributed by atoms with Gasteiger partial charge in [0, 0.05) is 21.4 Å². The Morgan fingerprint density at radius 2 is 2.25 bits per heavy atom. The molecule has 0 unspecified atom stereocenters. The van der Waals surface area contributed by atoms with Crippen molar-refractivity contribution in [2.24, 2.45) is 0 Å². The molecule has 3 heterocycles. The van der Waals surface area contributed by atoms with Crippen LogP contribution in [0.5, 0.6) is 10.8 Å². The molecule has 2 N–H and O–H groups in total. The summed E-state index contributed by atoms with van der Waals surface area (Å²) in [5.74, 6) is 0.873. The van der Waals surface area contributed by atoms with Crippen LogP contribution in [0.1, 0.15) is 11.8 Å². The Kier molecular flexibility index (Phi) is 2.29. The van der Waals surface area contributed by atoms with Crippen molar-refractivity contribution in [2.75, 3.05) is 12.5 Å². The number of nitrogens with two attached hydrogens (primary N) is 1. The Hall–Kier alpha value is -1.20. The van der Waals surface area contributed by atoms with Gasteiger partial charge in [-0.05, 0) is 12.5 Å². The van der Waals surface area contributed by atoms with Crippen LogP contribution in [0, 0.1) is 0 Å². The largest absolute Gasteiger partial charge is 0.452 e. The van der Waals surface area contributed by atoms with Crippen LogP contribution >= 0.6 is 22.7 Å². The minimum Gasteiger partial charge on any atom is -0.452 e. The lowest BCUT2D eigenvalue weighted by Crippen LogP contribution is -1.94. The highest BCUT2D eigenvalue weighted by Crippen LogP contribution is 2.49. The van der Waals surface area contributed by atoms with Crippen LogP contribution in [0.2, 0.25) is 0 Å². The van der Waals surface area contributed by atoms with E-state index in [4.69, 9.17) is 15.2 Å². The highest BCUT2D eigenvalue weighted by Gasteiger charge is 2.23. The molecule has 16 heavy (non-hydrogen) atoms. The van der Waals surface area contributed by atoms with Gasteiger partial charge >= 0.3 is 0 Å². The zero-order valence-electron chi connectivity index (χ0n) is 8.78. The number of aryl methyl sites for hydroxylation is 1. The molecule has 5 heteroatoms. The summed E-state index contributed by atoms with van der Waals surface area (Å²) in [6.07, 6.45) is 0.989. The summed E-state index contributed by atoms with van der Waals surface area (Å²) in [5, 5.41) is 3.80. The van der Waals surface area contributed by atoms with Crippen LogP contribution in [0.25, 0.3) is 11.1 Å². The van der Waals surface area contributed by atoms with Crippen molar-refractivity contribution < 1.29 is 9.47 Å². The number of thiophene rings is 2. The fourth-order valence-corrected chi connectivity index (χ4v) is 3.57. The molecule has 0 amide bonds. The molecule has 0 saturated carbocycles. The normalized spacial score (nSPS) is 13.3. The van der Waals surface area contributed by atoms with E-state index in [1.54, 1.807) is 22.7 Å². The van der Waals surface area contributed by atoms with Gasteiger partial charge in [0.25, 0.3) is 0 Å². The lowest BCUT2D eigenvalue weighted by atomic mass is 10.1. The molecule has 0 aromatic carbocycles. The molecule has 2 aromatic rings. The van der Waals surface area contributed by atoms with Gasteiger partial charge in [0.1, 0.15) is 0 Å². The molecule has 1 aliphatic rings. The fraction of sp³-hybridized carbons (Fsp3) is 0.273. The van der Waals surface area contributed by atoms with Crippen LogP contribution in [0.3, 0.4) is 0 Å². The molecule has 3 rings (SSSR count). The Morgan fingerprint density at radius 1 is 1.38 bits per heavy atom. The number of hydrogen-bond donors (Lipinski definition) is 1. The number of nitrogen functional groups attached to an aromatic ring is 1. The van der Waals surface area contributed by atoms with E-state index in [9.17, 15) is 0 Å². The molecule has 2 aromatic heterocycles. The summed E-state index contributed by atoms with van der Waals surface area (Å²) in [6, 6.07) is 2.02. The van der Waals surface area contributed by atoms with E-state index in [1.807, 2.05) is 6.07 Å². The lowest BCUT2D eigenvalue weighted by molar-refractivity contribution is 0.176. The fourth-order valence-electron chi connectivity index (χ4n) is 1.83. The van der Waals surface area contributed by atoms with Crippen LogP contribution in [-0.2, 0) is 6.42 Å². The molecule has 0 radical (unpaired) electrons. The molecule has 0 spiro atoms. The third-order valence-corrected chi connectivity index (χ3v) is 4.53. The van der Waals surface area contributed by atoms with Crippen molar-refractivity contribution in [3.63, 3.8) is 0 Å². The van der Waals surface area contributed by atoms with Gasteiger partial charge in [0.2, 0.25) is 11.9 Å². The van der Waals surface area contributed by atoms with Crippen molar-refractivity contribution in [1.82, 2.24) is 0 Å². The van der Waals surface area contributed by atoms with E-state index in [1.165, 1.54) is 10.4 Å². The monoisotopic (exact) mass is 253 g/mol. The van der Waals surface area contributed by atoms with Gasteiger partial charge in [-0.25, -0.2) is 0 Å². The molecule has 84 valence electrons. The smallest absolute Gasteiger partial charge is 0.232 e. The van der Waals surface area contributed by atoms with Gasteiger partial charge in [-0.3, -0.25) is 0 Å². The number of fused-ring (bicyclic) bond motifs is 1. The van der Waals surface area contributed by atoms with E-state index in [0.29, 0.717) is 6.79 Å². The standard InChI is InChI=1S/C11H11NO2S2/c1-2-8-6(3-9(12)16-8)7-4-15-11-10(7)13-5-14-11/h3-4H,2,5,12H2,1H3. The predicted molar refractivity (Wildman–Crippen MR) is 67.5 cm³/mol. The molecular weight excluding hydrogens is 242 g/mol. The summed E-state index contributed by atoms with van der Waals surface area (Å²) in [4.78, 5) is 1.30. The summed E-state index contributed by atoms with van der Waals surface area (Å²) in [5.41, 5.74) is 8.16. The second kappa shape index (κ2) is 3.68. The van der Waals surface area contributed by atoms with E-state index in [2.05, 4.69) is 12.3 Å². The third-order valence-electron chi connectivity index (χ3n) is 2.55. The van der Waals surface area contributed by atoms with Crippen molar-refractivity contribution in [1.29, 1.82) is 0 Å². The van der Waals surface area contributed by atoms with Crippen LogP contribution in [0.4, 0.5) is 5.00 Å². The van der Waals surface area contributed by atoms with Gasteiger partial charge in [-0.15, -0.1) is 22.7 Å². The molecule has 0 fully saturated rings. The van der Waals surface area contributed by atoms with Crippen molar-refractivity contribution in [2.45, 2.75) is 13.3 Å². The van der Waals surface area contributed by atoms with Crippen molar-refractivity contribution >= 4 is 27.7 Å². The quantitative estimate of drug-likeness (QED) is 0.892. The highest BCUT2D eigenvalue weighted by molar-refractivity contribution is 7.16. The van der Waals surface area contributed by atoms with E-state index in [0.717, 1.165) is 27.8 Å². The van der Waals surface area contributed by atoms with E-state index >= 15 is 0 Å². The van der Waals surface area contributed by atoms with Gasteiger partial charge in [-0.2, -0.15) is 0 Å². The minimum atomic E-state index is 0.329. The maximum Gasteiger partial charge on any atom is 0.232 e. The Balaban J connectivity index is 2.14. The summed E-state index contributed by atoms with van der Waals surface area (Å²) in [7, 11) is 0. The molecule has 0 saturated heterocycles. The predicted octanol–water partition coefficient (Wildman–Crippen LogP) is 3.35. The van der Waals surface area contributed by atoms with Gasteiger partial charge in [0.15, 0.2) is 5.75 Å². The zero-order valence-corrected chi connectivity index (χ0v) is 10.4. The molecule has 0 bridgehead atoms. The van der Waals surface area contributed by atoms with Crippen molar-refractivity contribution in [3.8, 4) is 21.9 Å². The maximum absolute atomic E-state index is 5.86. The first-order valence-corrected chi connectivity index (χ1v) is 6.75. The molecule has 0 atom stereocenters. The first-order valence-electron chi connectivity index (χ1n) is 5.05. The molecule has 0 aliphatic carbocycles. The Bertz CT molecular complexity index is 530. The first-order chi connectivity index (χ1) is 7.79. The number of rotatable bonds is 2. The van der Waals surface area contributed by atoms with Crippen molar-refractivity contribution in [3.05, 3.63) is 16.3 Å². The molecule has 1 aliphatic heterocycles. The van der Waals surface area contributed by atoms with Gasteiger partial charge in [-0.1, -0.05) is 6.92 Å². The van der Waals surface area contributed by atoms with Crippen LogP contribution in [0.15, 0.2) is 11.4 Å². The van der Waals surface area contributed by atoms with Crippen LogP contribution in [-0.4, -0.2) is 6.79 Å². The average molecular weight is 253 g/mol. The topological polar surface area (TPSA) is 44.5 Å². The van der Waals surface area contributed by atoms with E-state index in [-0.39, 0.29) is 0 Å². The Morgan fingerprint density at radius 3 is 3.06 bits per heavy atom. The average Bonchev–Trinajstić information content (AvgIpc) is 2.90. The first kappa shape index (κ1) is 9.99. The number of hydrogen-bond acceptors (Lipinski definition) is 5. The number of anilines is 1. The number of ether oxygens (including phenoxy) is 2. The summed E-state index contributed by atoms with van der Waals surface area (Å²) in [6.45, 7) is 2.47. The SMILES string of the molecule is CCc1sc(N)cc1-c1csc2c1OCO2. The van der Waals surface area contributed by atoms with Gasteiger partial charge in [0.05, 0.1) is 5.00 Å². The van der Waals surface area contributed by atoms with E-state index < -0.39 is 0 Å². The third kappa shape index (κ3) is 1.39. The molecule has 3 nitrogen and oxygen atoms in total. The van der Waals surface area contributed by atoms with Gasteiger partial charge < -0.3 is 15.2 Å². The minimum absolute atomic E-state index is 0.329. The zero-order chi connectivity index (χ0) is 11.1. The second-order valence-electron chi connectivity index (χ2n) is 3.51. The second-order valence-corrected chi connectivity index (χ2v) is 5.52. The maximum atomic E-state index is 5.86. The highest BCUT2D eigenvalue weighted by atomic mass is 32.1. The lowest BCUT2D eigenvalue weighted by Gasteiger charge is -2.00. The molecular formula is C11H11NO2S2. The summed E-state index contributed by atoms with van der Waals surface area (Å²) >= 11 is 3.22. The Labute approximate surface area is 101 Å². The summed E-state index contributed by atoms with van der Waals surface area (Å²) < 4.78 is 10.8. The van der Waals surface area contributed by atoms with Crippen LogP contribution < -0.4 is 15.2 Å².